The minimum atomic E-state index is -7.43. The van der Waals surface area contributed by atoms with Crippen LogP contribution in [0.3, 0.4) is 0 Å². The number of hydrogen-bond donors (Lipinski definition) is 0. The maximum Gasteiger partial charge on any atom is 0.460 e. The lowest BCUT2D eigenvalue weighted by Crippen LogP contribution is -2.65. The highest BCUT2D eigenvalue weighted by Gasteiger charge is 2.87. The molecule has 0 fully saturated rings. The number of halogens is 11. The zero-order valence-electron chi connectivity index (χ0n) is 9.84. The van der Waals surface area contributed by atoms with Gasteiger partial charge in [0.15, 0.2) is 0 Å². The molecule has 12 heteroatoms. The van der Waals surface area contributed by atoms with E-state index in [4.69, 9.17) is 0 Å². The number of hydrogen-bond acceptors (Lipinski definition) is 1. The first-order valence-electron chi connectivity index (χ1n) is 5.01. The van der Waals surface area contributed by atoms with Gasteiger partial charge < -0.3 is 0 Å². The number of pyridine rings is 1. The standard InChI is InChI=1S/C10H3F11N/c11-6(12,5-3-1-2-4-22-5)7(13,14)8(15,16)9(17,18)10(19,20)21/h1,3-4H. The average molecular weight is 346 g/mol. The molecule has 125 valence electrons. The van der Waals surface area contributed by atoms with Crippen LogP contribution >= 0.6 is 0 Å². The van der Waals surface area contributed by atoms with Gasteiger partial charge >= 0.3 is 29.9 Å². The first-order chi connectivity index (χ1) is 9.61. The molecular formula is C10H3F11N. The Hall–Kier alpha value is -1.62. The summed E-state index contributed by atoms with van der Waals surface area (Å²) in [4.78, 5) is 2.53. The summed E-state index contributed by atoms with van der Waals surface area (Å²) in [6, 6.07) is 2.47. The molecule has 0 aliphatic heterocycles. The van der Waals surface area contributed by atoms with Crippen LogP contribution < -0.4 is 0 Å². The van der Waals surface area contributed by atoms with Gasteiger partial charge in [0.2, 0.25) is 0 Å². The lowest BCUT2D eigenvalue weighted by atomic mass is 9.96. The van der Waals surface area contributed by atoms with E-state index in [0.717, 1.165) is 0 Å². The minimum absolute atomic E-state index is 0.0235. The van der Waals surface area contributed by atoms with Crippen molar-refractivity contribution in [1.29, 1.82) is 0 Å². The highest BCUT2D eigenvalue weighted by atomic mass is 19.4. The fourth-order valence-electron chi connectivity index (χ4n) is 1.24. The largest absolute Gasteiger partial charge is 0.460 e. The maximum atomic E-state index is 13.3. The zero-order valence-corrected chi connectivity index (χ0v) is 9.84. The van der Waals surface area contributed by atoms with Gasteiger partial charge in [-0.25, -0.2) is 0 Å². The van der Waals surface area contributed by atoms with Crippen molar-refractivity contribution in [3.05, 3.63) is 30.1 Å². The molecule has 1 heterocycles. The van der Waals surface area contributed by atoms with Crippen LogP contribution in [0.1, 0.15) is 5.69 Å². The molecule has 0 atom stereocenters. The molecule has 1 aromatic heterocycles. The predicted octanol–water partition coefficient (Wildman–Crippen LogP) is 4.44. The molecule has 0 saturated heterocycles. The van der Waals surface area contributed by atoms with E-state index >= 15 is 0 Å². The molecule has 0 aromatic carbocycles. The molecule has 0 saturated carbocycles. The fraction of sp³-hybridized carbons (Fsp3) is 0.500. The molecule has 0 unspecified atom stereocenters. The quantitative estimate of drug-likeness (QED) is 0.735. The Morgan fingerprint density at radius 2 is 1.23 bits per heavy atom. The molecule has 1 nitrogen and oxygen atoms in total. The van der Waals surface area contributed by atoms with Crippen molar-refractivity contribution >= 4 is 0 Å². The normalized spacial score (nSPS) is 15.0. The van der Waals surface area contributed by atoms with Crippen LogP contribution in [0.15, 0.2) is 18.3 Å². The maximum absolute atomic E-state index is 13.3. The molecule has 1 radical (unpaired) electrons. The molecule has 0 amide bonds. The zero-order chi connectivity index (χ0) is 17.6. The van der Waals surface area contributed by atoms with Gasteiger partial charge in [0.25, 0.3) is 0 Å². The summed E-state index contributed by atoms with van der Waals surface area (Å²) >= 11 is 0. The van der Waals surface area contributed by atoms with Gasteiger partial charge in [0.1, 0.15) is 5.69 Å². The highest BCUT2D eigenvalue weighted by Crippen LogP contribution is 2.59. The molecule has 0 aliphatic rings. The third-order valence-electron chi connectivity index (χ3n) is 2.48. The molecule has 0 bridgehead atoms. The Labute approximate surface area is 114 Å². The van der Waals surface area contributed by atoms with Crippen LogP contribution in [0.4, 0.5) is 48.3 Å². The van der Waals surface area contributed by atoms with Crippen molar-refractivity contribution in [2.24, 2.45) is 0 Å². The summed E-state index contributed by atoms with van der Waals surface area (Å²) in [7, 11) is 0. The van der Waals surface area contributed by atoms with Crippen LogP contribution in [-0.2, 0) is 5.92 Å². The van der Waals surface area contributed by atoms with Crippen molar-refractivity contribution in [2.75, 3.05) is 0 Å². The average Bonchev–Trinajstić information content (AvgIpc) is 2.37. The van der Waals surface area contributed by atoms with Crippen LogP contribution in [0, 0.1) is 6.07 Å². The second kappa shape index (κ2) is 4.95. The second-order valence-corrected chi connectivity index (χ2v) is 3.94. The van der Waals surface area contributed by atoms with Crippen molar-refractivity contribution in [1.82, 2.24) is 4.98 Å². The predicted molar refractivity (Wildman–Crippen MR) is 47.9 cm³/mol. The van der Waals surface area contributed by atoms with Gasteiger partial charge in [0, 0.05) is 12.3 Å². The van der Waals surface area contributed by atoms with E-state index in [-0.39, 0.29) is 6.07 Å². The van der Waals surface area contributed by atoms with E-state index in [1.807, 2.05) is 6.07 Å². The number of aromatic nitrogens is 1. The molecule has 0 spiro atoms. The fourth-order valence-corrected chi connectivity index (χ4v) is 1.24. The smallest absolute Gasteiger partial charge is 0.254 e. The monoisotopic (exact) mass is 346 g/mol. The SMILES string of the molecule is FC(F)(F)C(F)(F)C(F)(F)C(F)(F)C(F)(F)c1cc[c]cn1. The second-order valence-electron chi connectivity index (χ2n) is 3.94. The Balaban J connectivity index is 3.45. The summed E-state index contributed by atoms with van der Waals surface area (Å²) < 4.78 is 139. The summed E-state index contributed by atoms with van der Waals surface area (Å²) in [5.74, 6) is -28.0. The summed E-state index contributed by atoms with van der Waals surface area (Å²) in [5.41, 5.74) is -2.12. The first kappa shape index (κ1) is 18.4. The van der Waals surface area contributed by atoms with Crippen LogP contribution in [0.2, 0.25) is 0 Å². The van der Waals surface area contributed by atoms with Gasteiger partial charge in [-0.1, -0.05) is 6.07 Å². The Kier molecular flexibility index (Phi) is 4.14. The van der Waals surface area contributed by atoms with Crippen molar-refractivity contribution in [3.8, 4) is 0 Å². The van der Waals surface area contributed by atoms with E-state index in [9.17, 15) is 48.3 Å². The van der Waals surface area contributed by atoms with Crippen LogP contribution in [0.5, 0.6) is 0 Å². The van der Waals surface area contributed by atoms with Gasteiger partial charge in [-0.05, 0) is 6.07 Å². The van der Waals surface area contributed by atoms with Crippen LogP contribution in [0.25, 0.3) is 0 Å². The summed E-state index contributed by atoms with van der Waals surface area (Å²) in [6.07, 6.45) is -6.85. The van der Waals surface area contributed by atoms with Gasteiger partial charge in [0.05, 0.1) is 0 Å². The first-order valence-corrected chi connectivity index (χ1v) is 5.01. The van der Waals surface area contributed by atoms with E-state index in [0.29, 0.717) is 12.3 Å². The molecule has 22 heavy (non-hydrogen) atoms. The van der Waals surface area contributed by atoms with Crippen molar-refractivity contribution in [3.63, 3.8) is 0 Å². The van der Waals surface area contributed by atoms with Crippen molar-refractivity contribution < 1.29 is 48.3 Å². The minimum Gasteiger partial charge on any atom is -0.254 e. The molecule has 0 aliphatic carbocycles. The number of alkyl halides is 11. The van der Waals surface area contributed by atoms with Gasteiger partial charge in [-0.15, -0.1) is 0 Å². The lowest BCUT2D eigenvalue weighted by molar-refractivity contribution is -0.425. The third kappa shape index (κ3) is 2.37. The number of rotatable bonds is 4. The van der Waals surface area contributed by atoms with E-state index in [2.05, 4.69) is 4.98 Å². The summed E-state index contributed by atoms with van der Waals surface area (Å²) in [6.45, 7) is 0. The van der Waals surface area contributed by atoms with Gasteiger partial charge in [-0.3, -0.25) is 4.98 Å². The molecule has 0 N–H and O–H groups in total. The van der Waals surface area contributed by atoms with Crippen LogP contribution in [-0.4, -0.2) is 28.9 Å². The molecule has 1 aromatic rings. The third-order valence-corrected chi connectivity index (χ3v) is 2.48. The van der Waals surface area contributed by atoms with E-state index < -0.39 is 35.6 Å². The van der Waals surface area contributed by atoms with Gasteiger partial charge in [-0.2, -0.15) is 48.3 Å². The number of nitrogens with zero attached hydrogens (tertiary/aromatic N) is 1. The Morgan fingerprint density at radius 1 is 0.727 bits per heavy atom. The summed E-state index contributed by atoms with van der Waals surface area (Å²) in [5, 5.41) is 0. The van der Waals surface area contributed by atoms with E-state index in [1.165, 1.54) is 0 Å². The lowest BCUT2D eigenvalue weighted by Gasteiger charge is -2.36. The van der Waals surface area contributed by atoms with E-state index in [1.54, 1.807) is 0 Å². The Bertz CT molecular complexity index is 519. The van der Waals surface area contributed by atoms with Crippen molar-refractivity contribution in [2.45, 2.75) is 29.9 Å². The highest BCUT2D eigenvalue weighted by molar-refractivity contribution is 5.18. The molecular weight excluding hydrogens is 343 g/mol. The topological polar surface area (TPSA) is 12.9 Å². The molecule has 1 rings (SSSR count). The Morgan fingerprint density at radius 3 is 1.59 bits per heavy atom.